The summed E-state index contributed by atoms with van der Waals surface area (Å²) >= 11 is 0. The van der Waals surface area contributed by atoms with Crippen molar-refractivity contribution < 1.29 is 4.84 Å². The van der Waals surface area contributed by atoms with Crippen LogP contribution in [0.2, 0.25) is 0 Å². The molecule has 1 saturated carbocycles. The van der Waals surface area contributed by atoms with E-state index in [9.17, 15) is 0 Å². The molecule has 0 heterocycles. The van der Waals surface area contributed by atoms with Crippen LogP contribution in [0.1, 0.15) is 47.0 Å². The second-order valence-electron chi connectivity index (χ2n) is 4.95. The Morgan fingerprint density at radius 3 is 2.33 bits per heavy atom. The van der Waals surface area contributed by atoms with Gasteiger partial charge in [-0.05, 0) is 46.0 Å². The molecule has 2 unspecified atom stereocenters. The van der Waals surface area contributed by atoms with Gasteiger partial charge in [0.25, 0.3) is 0 Å². The van der Waals surface area contributed by atoms with Crippen LogP contribution in [0.15, 0.2) is 0 Å². The van der Waals surface area contributed by atoms with Crippen LogP contribution in [0.25, 0.3) is 0 Å². The van der Waals surface area contributed by atoms with E-state index in [1.807, 2.05) is 0 Å². The maximum atomic E-state index is 5.51. The molecule has 0 aromatic heterocycles. The predicted molar refractivity (Wildman–Crippen MR) is 50.8 cm³/mol. The highest BCUT2D eigenvalue weighted by molar-refractivity contribution is 4.76. The molecule has 1 rings (SSSR count). The molecule has 1 N–H and O–H groups in total. The highest BCUT2D eigenvalue weighted by Gasteiger charge is 2.22. The van der Waals surface area contributed by atoms with Crippen molar-refractivity contribution >= 4 is 0 Å². The Labute approximate surface area is 75.6 Å². The molecule has 2 heteroatoms. The second kappa shape index (κ2) is 3.75. The van der Waals surface area contributed by atoms with E-state index >= 15 is 0 Å². The minimum atomic E-state index is -0.0637. The van der Waals surface area contributed by atoms with E-state index in [1.54, 1.807) is 0 Å². The van der Waals surface area contributed by atoms with Crippen LogP contribution in [-0.2, 0) is 4.84 Å². The SMILES string of the molecule is CC1CCC(NOC(C)(C)C)C1. The molecule has 0 saturated heterocycles. The van der Waals surface area contributed by atoms with E-state index in [-0.39, 0.29) is 5.60 Å². The first kappa shape index (κ1) is 10.0. The molecule has 0 aromatic carbocycles. The fraction of sp³-hybridized carbons (Fsp3) is 1.00. The number of hydrogen-bond donors (Lipinski definition) is 1. The largest absolute Gasteiger partial charge is 0.296 e. The van der Waals surface area contributed by atoms with Crippen molar-refractivity contribution in [2.75, 3.05) is 0 Å². The van der Waals surface area contributed by atoms with Crippen molar-refractivity contribution in [1.29, 1.82) is 0 Å². The van der Waals surface area contributed by atoms with Gasteiger partial charge in [-0.15, -0.1) is 0 Å². The lowest BCUT2D eigenvalue weighted by molar-refractivity contribution is -0.0877. The number of rotatable bonds is 2. The van der Waals surface area contributed by atoms with Crippen LogP contribution < -0.4 is 5.48 Å². The lowest BCUT2D eigenvalue weighted by Crippen LogP contribution is -2.35. The fourth-order valence-corrected chi connectivity index (χ4v) is 1.57. The summed E-state index contributed by atoms with van der Waals surface area (Å²) in [6, 6.07) is 0.583. The average Bonchev–Trinajstić information content (AvgIpc) is 2.30. The van der Waals surface area contributed by atoms with Gasteiger partial charge in [0.1, 0.15) is 0 Å². The minimum absolute atomic E-state index is 0.0637. The quantitative estimate of drug-likeness (QED) is 0.644. The molecular formula is C10H21NO. The molecule has 1 fully saturated rings. The fourth-order valence-electron chi connectivity index (χ4n) is 1.57. The van der Waals surface area contributed by atoms with Gasteiger partial charge in [-0.2, -0.15) is 5.48 Å². The van der Waals surface area contributed by atoms with Crippen molar-refractivity contribution in [2.45, 2.75) is 58.6 Å². The topological polar surface area (TPSA) is 21.3 Å². The molecule has 1 aliphatic carbocycles. The highest BCUT2D eigenvalue weighted by atomic mass is 16.7. The van der Waals surface area contributed by atoms with Crippen LogP contribution in [0, 0.1) is 5.92 Å². The molecule has 0 aliphatic heterocycles. The van der Waals surface area contributed by atoms with Gasteiger partial charge in [-0.25, -0.2) is 0 Å². The Bertz CT molecular complexity index is 139. The zero-order valence-electron chi connectivity index (χ0n) is 8.68. The number of hydrogen-bond acceptors (Lipinski definition) is 2. The Morgan fingerprint density at radius 2 is 1.92 bits per heavy atom. The lowest BCUT2D eigenvalue weighted by Gasteiger charge is -2.22. The summed E-state index contributed by atoms with van der Waals surface area (Å²) < 4.78 is 0. The number of nitrogens with one attached hydrogen (secondary N) is 1. The Balaban J connectivity index is 2.16. The van der Waals surface area contributed by atoms with Gasteiger partial charge in [0.2, 0.25) is 0 Å². The monoisotopic (exact) mass is 171 g/mol. The summed E-state index contributed by atoms with van der Waals surface area (Å²) in [5.41, 5.74) is 3.09. The van der Waals surface area contributed by atoms with Gasteiger partial charge >= 0.3 is 0 Å². The van der Waals surface area contributed by atoms with Gasteiger partial charge in [0, 0.05) is 6.04 Å². The Kier molecular flexibility index (Phi) is 3.13. The average molecular weight is 171 g/mol. The van der Waals surface area contributed by atoms with E-state index < -0.39 is 0 Å². The van der Waals surface area contributed by atoms with E-state index in [4.69, 9.17) is 4.84 Å². The van der Waals surface area contributed by atoms with Gasteiger partial charge < -0.3 is 0 Å². The molecule has 0 bridgehead atoms. The molecule has 0 radical (unpaired) electrons. The summed E-state index contributed by atoms with van der Waals surface area (Å²) in [5, 5.41) is 0. The third-order valence-electron chi connectivity index (χ3n) is 2.23. The smallest absolute Gasteiger partial charge is 0.0813 e. The zero-order chi connectivity index (χ0) is 9.19. The van der Waals surface area contributed by atoms with Gasteiger partial charge in [-0.3, -0.25) is 4.84 Å². The van der Waals surface area contributed by atoms with Crippen LogP contribution in [0.4, 0.5) is 0 Å². The standard InChI is InChI=1S/C10H21NO/c1-8-5-6-9(7-8)11-12-10(2,3)4/h8-9,11H,5-7H2,1-4H3. The predicted octanol–water partition coefficient (Wildman–Crippen LogP) is 2.49. The first-order valence-corrected chi connectivity index (χ1v) is 4.91. The minimum Gasteiger partial charge on any atom is -0.296 e. The summed E-state index contributed by atoms with van der Waals surface area (Å²) in [7, 11) is 0. The Hall–Kier alpha value is -0.0800. The Morgan fingerprint density at radius 1 is 1.25 bits per heavy atom. The van der Waals surface area contributed by atoms with Crippen molar-refractivity contribution in [2.24, 2.45) is 5.92 Å². The second-order valence-corrected chi connectivity index (χ2v) is 4.95. The third kappa shape index (κ3) is 3.55. The van der Waals surface area contributed by atoms with Crippen LogP contribution in [0.3, 0.4) is 0 Å². The van der Waals surface area contributed by atoms with Crippen molar-refractivity contribution in [3.05, 3.63) is 0 Å². The van der Waals surface area contributed by atoms with E-state index in [0.717, 1.165) is 5.92 Å². The zero-order valence-corrected chi connectivity index (χ0v) is 8.68. The van der Waals surface area contributed by atoms with Crippen LogP contribution >= 0.6 is 0 Å². The van der Waals surface area contributed by atoms with E-state index in [2.05, 4.69) is 33.2 Å². The van der Waals surface area contributed by atoms with Crippen molar-refractivity contribution in [1.82, 2.24) is 5.48 Å². The van der Waals surface area contributed by atoms with Crippen LogP contribution in [0.5, 0.6) is 0 Å². The molecule has 2 nitrogen and oxygen atoms in total. The molecule has 0 spiro atoms. The molecule has 12 heavy (non-hydrogen) atoms. The molecule has 1 aliphatic rings. The van der Waals surface area contributed by atoms with Crippen molar-refractivity contribution in [3.8, 4) is 0 Å². The van der Waals surface area contributed by atoms with Crippen LogP contribution in [-0.4, -0.2) is 11.6 Å². The summed E-state index contributed by atoms with van der Waals surface area (Å²) in [4.78, 5) is 5.51. The molecule has 72 valence electrons. The normalized spacial score (nSPS) is 31.0. The molecule has 2 atom stereocenters. The van der Waals surface area contributed by atoms with E-state index in [0.29, 0.717) is 6.04 Å². The lowest BCUT2D eigenvalue weighted by atomic mass is 10.1. The first-order valence-electron chi connectivity index (χ1n) is 4.91. The maximum Gasteiger partial charge on any atom is 0.0813 e. The molecule has 0 aromatic rings. The van der Waals surface area contributed by atoms with E-state index in [1.165, 1.54) is 19.3 Å². The molecular weight excluding hydrogens is 150 g/mol. The molecule has 0 amide bonds. The van der Waals surface area contributed by atoms with Gasteiger partial charge in [0.15, 0.2) is 0 Å². The summed E-state index contributed by atoms with van der Waals surface area (Å²) in [6.45, 7) is 8.51. The highest BCUT2D eigenvalue weighted by Crippen LogP contribution is 2.25. The summed E-state index contributed by atoms with van der Waals surface area (Å²) in [5.74, 6) is 0.867. The third-order valence-corrected chi connectivity index (χ3v) is 2.23. The number of hydroxylamine groups is 1. The van der Waals surface area contributed by atoms with Gasteiger partial charge in [-0.1, -0.05) is 6.92 Å². The first-order chi connectivity index (χ1) is 5.47. The van der Waals surface area contributed by atoms with Crippen molar-refractivity contribution in [3.63, 3.8) is 0 Å². The van der Waals surface area contributed by atoms with Gasteiger partial charge in [0.05, 0.1) is 5.60 Å². The maximum absolute atomic E-state index is 5.51. The summed E-state index contributed by atoms with van der Waals surface area (Å²) in [6.07, 6.45) is 3.86.